The van der Waals surface area contributed by atoms with Crippen LogP contribution >= 0.6 is 0 Å². The van der Waals surface area contributed by atoms with E-state index in [9.17, 15) is 14.7 Å². The standard InChI is InChI=1S/C26H32N6O4/c1-17(2)32-16-20-22(24(32)34)27-26(30-14-12-29(13-15-30)18(3)33)28-23(20)31-11-7-10-21(31)25(35)36-19-8-5-4-6-9-19/h4-6,8-9,16-17,21,34H,7,10-15H2,1-3H3/t21-/m1/s1. The third-order valence-electron chi connectivity index (χ3n) is 6.96. The van der Waals surface area contributed by atoms with E-state index in [0.29, 0.717) is 67.6 Å². The van der Waals surface area contributed by atoms with Crippen LogP contribution < -0.4 is 14.5 Å². The fourth-order valence-electron chi connectivity index (χ4n) is 4.97. The number of hydrogen-bond donors (Lipinski definition) is 1. The molecule has 5 rings (SSSR count). The number of amides is 1. The van der Waals surface area contributed by atoms with E-state index in [1.54, 1.807) is 28.5 Å². The van der Waals surface area contributed by atoms with Crippen LogP contribution in [0, 0.1) is 0 Å². The topological polar surface area (TPSA) is 104 Å². The van der Waals surface area contributed by atoms with Gasteiger partial charge in [0, 0.05) is 51.9 Å². The van der Waals surface area contributed by atoms with Crippen LogP contribution in [0.3, 0.4) is 0 Å². The first kappa shape index (κ1) is 23.9. The summed E-state index contributed by atoms with van der Waals surface area (Å²) in [7, 11) is 0. The van der Waals surface area contributed by atoms with Crippen molar-refractivity contribution < 1.29 is 19.4 Å². The van der Waals surface area contributed by atoms with Crippen molar-refractivity contribution in [2.45, 2.75) is 45.7 Å². The summed E-state index contributed by atoms with van der Waals surface area (Å²) in [4.78, 5) is 40.5. The number of nitrogens with zero attached hydrogens (tertiary/aromatic N) is 6. The highest BCUT2D eigenvalue weighted by molar-refractivity contribution is 5.96. The predicted octanol–water partition coefficient (Wildman–Crippen LogP) is 2.96. The summed E-state index contributed by atoms with van der Waals surface area (Å²) < 4.78 is 7.46. The lowest BCUT2D eigenvalue weighted by Crippen LogP contribution is -2.48. The minimum Gasteiger partial charge on any atom is -0.493 e. The van der Waals surface area contributed by atoms with Crippen molar-refractivity contribution in [3.05, 3.63) is 36.5 Å². The third-order valence-corrected chi connectivity index (χ3v) is 6.96. The average molecular weight is 493 g/mol. The van der Waals surface area contributed by atoms with Crippen molar-refractivity contribution in [3.8, 4) is 11.6 Å². The van der Waals surface area contributed by atoms with E-state index >= 15 is 0 Å². The number of ether oxygens (including phenoxy) is 1. The quantitative estimate of drug-likeness (QED) is 0.428. The molecule has 10 nitrogen and oxygen atoms in total. The second kappa shape index (κ2) is 9.67. The summed E-state index contributed by atoms with van der Waals surface area (Å²) in [5, 5.41) is 11.7. The number of aromatic nitrogens is 3. The first-order valence-corrected chi connectivity index (χ1v) is 12.5. The molecule has 0 unspecified atom stereocenters. The van der Waals surface area contributed by atoms with Crippen molar-refractivity contribution in [2.75, 3.05) is 42.5 Å². The Bertz CT molecular complexity index is 1270. The van der Waals surface area contributed by atoms with Gasteiger partial charge in [0.2, 0.25) is 17.7 Å². The Balaban J connectivity index is 1.52. The fraction of sp³-hybridized carbons (Fsp3) is 0.462. The molecule has 2 fully saturated rings. The molecule has 0 bridgehead atoms. The van der Waals surface area contributed by atoms with E-state index in [1.165, 1.54) is 0 Å². The Morgan fingerprint density at radius 1 is 1.06 bits per heavy atom. The lowest BCUT2D eigenvalue weighted by molar-refractivity contribution is -0.135. The largest absolute Gasteiger partial charge is 0.493 e. The molecular formula is C26H32N6O4. The number of carbonyl (C=O) groups excluding carboxylic acids is 2. The molecule has 4 heterocycles. The normalized spacial score (nSPS) is 18.3. The number of benzene rings is 1. The fourth-order valence-corrected chi connectivity index (χ4v) is 4.97. The molecular weight excluding hydrogens is 460 g/mol. The Morgan fingerprint density at radius 2 is 1.78 bits per heavy atom. The number of rotatable bonds is 5. The molecule has 0 spiro atoms. The van der Waals surface area contributed by atoms with Gasteiger partial charge in [-0.05, 0) is 38.8 Å². The number of hydrogen-bond acceptors (Lipinski definition) is 8. The maximum atomic E-state index is 13.2. The smallest absolute Gasteiger partial charge is 0.334 e. The molecule has 1 N–H and O–H groups in total. The van der Waals surface area contributed by atoms with Gasteiger partial charge in [-0.1, -0.05) is 18.2 Å². The van der Waals surface area contributed by atoms with Crippen molar-refractivity contribution in [1.82, 2.24) is 19.4 Å². The van der Waals surface area contributed by atoms with Crippen LogP contribution in [0.25, 0.3) is 10.9 Å². The van der Waals surface area contributed by atoms with Crippen molar-refractivity contribution in [2.24, 2.45) is 0 Å². The molecule has 10 heteroatoms. The van der Waals surface area contributed by atoms with Crippen molar-refractivity contribution in [3.63, 3.8) is 0 Å². The zero-order valence-corrected chi connectivity index (χ0v) is 20.9. The van der Waals surface area contributed by atoms with Gasteiger partial charge in [-0.25, -0.2) is 9.78 Å². The van der Waals surface area contributed by atoms with Crippen LogP contribution in [0.1, 0.15) is 39.7 Å². The monoisotopic (exact) mass is 492 g/mol. The SMILES string of the molecule is CC(=O)N1CCN(c2nc(N3CCC[C@@H]3C(=O)Oc3ccccc3)c3cn(C(C)C)c(O)c3n2)CC1. The van der Waals surface area contributed by atoms with Crippen LogP contribution in [0.2, 0.25) is 0 Å². The summed E-state index contributed by atoms with van der Waals surface area (Å²) in [5.74, 6) is 1.42. The van der Waals surface area contributed by atoms with Gasteiger partial charge in [0.15, 0.2) is 0 Å². The third kappa shape index (κ3) is 4.43. The molecule has 1 aromatic carbocycles. The van der Waals surface area contributed by atoms with E-state index in [0.717, 1.165) is 6.42 Å². The lowest BCUT2D eigenvalue weighted by atomic mass is 10.2. The second-order valence-electron chi connectivity index (χ2n) is 9.64. The molecule has 2 aliphatic heterocycles. The summed E-state index contributed by atoms with van der Waals surface area (Å²) in [6, 6.07) is 8.60. The van der Waals surface area contributed by atoms with Crippen LogP contribution in [0.5, 0.6) is 11.6 Å². The number of para-hydroxylation sites is 1. The molecule has 2 aromatic heterocycles. The van der Waals surface area contributed by atoms with Crippen LogP contribution in [0.15, 0.2) is 36.5 Å². The van der Waals surface area contributed by atoms with Crippen molar-refractivity contribution >= 4 is 34.5 Å². The summed E-state index contributed by atoms with van der Waals surface area (Å²) in [6.07, 6.45) is 3.34. The van der Waals surface area contributed by atoms with Crippen molar-refractivity contribution in [1.29, 1.82) is 0 Å². The first-order valence-electron chi connectivity index (χ1n) is 12.5. The Labute approximate surface area is 210 Å². The number of piperazine rings is 1. The summed E-state index contributed by atoms with van der Waals surface area (Å²) >= 11 is 0. The molecule has 2 aliphatic rings. The van der Waals surface area contributed by atoms with Gasteiger partial charge < -0.3 is 29.1 Å². The zero-order chi connectivity index (χ0) is 25.4. The second-order valence-corrected chi connectivity index (χ2v) is 9.64. The van der Waals surface area contributed by atoms with E-state index in [4.69, 9.17) is 14.7 Å². The molecule has 1 amide bonds. The molecule has 0 radical (unpaired) electrons. The maximum Gasteiger partial charge on any atom is 0.334 e. The molecule has 36 heavy (non-hydrogen) atoms. The zero-order valence-electron chi connectivity index (χ0n) is 20.9. The highest BCUT2D eigenvalue weighted by atomic mass is 16.5. The minimum absolute atomic E-state index is 0.0204. The highest BCUT2D eigenvalue weighted by Crippen LogP contribution is 2.38. The van der Waals surface area contributed by atoms with E-state index in [-0.39, 0.29) is 23.8 Å². The van der Waals surface area contributed by atoms with Gasteiger partial charge in [0.05, 0.1) is 5.39 Å². The van der Waals surface area contributed by atoms with Gasteiger partial charge in [-0.2, -0.15) is 4.98 Å². The molecule has 190 valence electrons. The van der Waals surface area contributed by atoms with Gasteiger partial charge in [-0.15, -0.1) is 0 Å². The highest BCUT2D eigenvalue weighted by Gasteiger charge is 2.36. The maximum absolute atomic E-state index is 13.2. The predicted molar refractivity (Wildman–Crippen MR) is 136 cm³/mol. The molecule has 2 saturated heterocycles. The van der Waals surface area contributed by atoms with Crippen LogP contribution in [-0.2, 0) is 9.59 Å². The van der Waals surface area contributed by atoms with Gasteiger partial charge in [-0.3, -0.25) is 4.79 Å². The Hall–Kier alpha value is -3.82. The summed E-state index contributed by atoms with van der Waals surface area (Å²) in [6.45, 7) is 8.55. The minimum atomic E-state index is -0.491. The van der Waals surface area contributed by atoms with E-state index in [2.05, 4.69) is 0 Å². The number of esters is 1. The number of anilines is 2. The van der Waals surface area contributed by atoms with Crippen LogP contribution in [-0.4, -0.2) is 75.2 Å². The number of fused-ring (bicyclic) bond motifs is 1. The average Bonchev–Trinajstić information content (AvgIpc) is 3.49. The number of aromatic hydroxyl groups is 1. The van der Waals surface area contributed by atoms with Gasteiger partial charge in [0.25, 0.3) is 0 Å². The molecule has 1 atom stereocenters. The van der Waals surface area contributed by atoms with Crippen LogP contribution in [0.4, 0.5) is 11.8 Å². The van der Waals surface area contributed by atoms with E-state index < -0.39 is 6.04 Å². The first-order chi connectivity index (χ1) is 17.3. The van der Waals surface area contributed by atoms with Gasteiger partial charge in [0.1, 0.15) is 23.1 Å². The number of carbonyl (C=O) groups is 2. The molecule has 0 aliphatic carbocycles. The molecule has 3 aromatic rings. The lowest BCUT2D eigenvalue weighted by Gasteiger charge is -2.34. The van der Waals surface area contributed by atoms with Gasteiger partial charge >= 0.3 is 5.97 Å². The Kier molecular flexibility index (Phi) is 6.42. The summed E-state index contributed by atoms with van der Waals surface area (Å²) in [5.41, 5.74) is 0.458. The Morgan fingerprint density at radius 3 is 2.44 bits per heavy atom. The molecule has 0 saturated carbocycles. The van der Waals surface area contributed by atoms with E-state index in [1.807, 2.05) is 48.0 Å².